The van der Waals surface area contributed by atoms with Gasteiger partial charge in [-0.2, -0.15) is 8.42 Å². The molecule has 0 unspecified atom stereocenters. The van der Waals surface area contributed by atoms with E-state index in [1.54, 1.807) is 18.2 Å². The Balaban J connectivity index is 1.87. The first kappa shape index (κ1) is 19.9. The van der Waals surface area contributed by atoms with Gasteiger partial charge in [0.1, 0.15) is 23.8 Å². The van der Waals surface area contributed by atoms with Crippen molar-refractivity contribution in [2.24, 2.45) is 5.92 Å². The number of nitrogens with zero attached hydrogens (tertiary/aromatic N) is 1. The second-order valence-electron chi connectivity index (χ2n) is 6.85. The van der Waals surface area contributed by atoms with E-state index in [2.05, 4.69) is 13.8 Å². The number of ether oxygens (including phenoxy) is 2. The third kappa shape index (κ3) is 4.89. The van der Waals surface area contributed by atoms with Gasteiger partial charge < -0.3 is 14.6 Å². The van der Waals surface area contributed by atoms with Crippen molar-refractivity contribution in [3.8, 4) is 11.5 Å². The number of hydrogen-bond donors (Lipinski definition) is 2. The minimum atomic E-state index is -3.94. The molecule has 8 heteroatoms. The number of anilines is 1. The van der Waals surface area contributed by atoms with E-state index in [4.69, 9.17) is 9.47 Å². The zero-order valence-corrected chi connectivity index (χ0v) is 16.6. The summed E-state index contributed by atoms with van der Waals surface area (Å²) in [5.41, 5.74) is 1.21. The average molecular weight is 404 g/mol. The summed E-state index contributed by atoms with van der Waals surface area (Å²) in [6.07, 6.45) is 1.98. The Morgan fingerprint density at radius 1 is 1.11 bits per heavy atom. The lowest BCUT2D eigenvalue weighted by molar-refractivity contribution is 0.286. The van der Waals surface area contributed by atoms with Gasteiger partial charge in [-0.05, 0) is 30.0 Å². The molecule has 7 nitrogen and oxygen atoms in total. The van der Waals surface area contributed by atoms with E-state index >= 15 is 0 Å². The van der Waals surface area contributed by atoms with Gasteiger partial charge in [-0.25, -0.2) is 9.03 Å². The number of nitrogens with one attached hydrogen (secondary N) is 1. The summed E-state index contributed by atoms with van der Waals surface area (Å²) in [5.74, 6) is 0.921. The molecule has 0 fully saturated rings. The van der Waals surface area contributed by atoms with E-state index in [0.29, 0.717) is 24.0 Å². The molecule has 2 aromatic carbocycles. The molecular weight excluding hydrogens is 380 g/mol. The predicted octanol–water partition coefficient (Wildman–Crippen LogP) is 3.70. The summed E-state index contributed by atoms with van der Waals surface area (Å²) < 4.78 is 39.2. The fourth-order valence-corrected chi connectivity index (χ4v) is 3.67. The number of aliphatic hydroxyl groups is 1. The van der Waals surface area contributed by atoms with Crippen LogP contribution in [0.5, 0.6) is 11.5 Å². The SMILES string of the molecule is CC(C)CCOc1ccc(OCc2ccccc2)c(N2C=C(O)NS2(=O)=O)c1. The molecule has 0 spiro atoms. The van der Waals surface area contributed by atoms with Crippen molar-refractivity contribution in [2.75, 3.05) is 10.9 Å². The molecule has 1 heterocycles. The summed E-state index contributed by atoms with van der Waals surface area (Å²) in [7, 11) is -3.94. The second-order valence-corrected chi connectivity index (χ2v) is 8.40. The maximum Gasteiger partial charge on any atom is 0.330 e. The lowest BCUT2D eigenvalue weighted by atomic mass is 10.1. The number of aliphatic hydroxyl groups excluding tert-OH is 1. The van der Waals surface area contributed by atoms with E-state index < -0.39 is 16.1 Å². The number of rotatable bonds is 8. The van der Waals surface area contributed by atoms with E-state index in [1.807, 2.05) is 35.1 Å². The van der Waals surface area contributed by atoms with Crippen LogP contribution in [0.15, 0.2) is 60.6 Å². The first-order valence-electron chi connectivity index (χ1n) is 9.01. The van der Waals surface area contributed by atoms with E-state index in [0.717, 1.165) is 22.5 Å². The molecule has 2 N–H and O–H groups in total. The smallest absolute Gasteiger partial charge is 0.330 e. The highest BCUT2D eigenvalue weighted by atomic mass is 32.2. The normalized spacial score (nSPS) is 15.2. The van der Waals surface area contributed by atoms with Gasteiger partial charge in [0.2, 0.25) is 5.88 Å². The van der Waals surface area contributed by atoms with Gasteiger partial charge in [0, 0.05) is 6.07 Å². The maximum atomic E-state index is 12.3. The third-order valence-electron chi connectivity index (χ3n) is 4.10. The molecular formula is C20H24N2O5S. The first-order valence-corrected chi connectivity index (χ1v) is 10.5. The van der Waals surface area contributed by atoms with Crippen LogP contribution in [-0.2, 0) is 16.8 Å². The van der Waals surface area contributed by atoms with Crippen molar-refractivity contribution in [3.05, 3.63) is 66.2 Å². The summed E-state index contributed by atoms with van der Waals surface area (Å²) in [5, 5.41) is 9.62. The van der Waals surface area contributed by atoms with Crippen molar-refractivity contribution in [3.63, 3.8) is 0 Å². The molecule has 1 aliphatic rings. The first-order chi connectivity index (χ1) is 13.3. The van der Waals surface area contributed by atoms with Crippen molar-refractivity contribution < 1.29 is 23.0 Å². The van der Waals surface area contributed by atoms with Crippen LogP contribution < -0.4 is 18.5 Å². The lowest BCUT2D eigenvalue weighted by Crippen LogP contribution is -2.30. The molecule has 0 radical (unpaired) electrons. The van der Waals surface area contributed by atoms with Crippen LogP contribution in [0.1, 0.15) is 25.8 Å². The minimum absolute atomic E-state index is 0.259. The quantitative estimate of drug-likeness (QED) is 0.700. The molecule has 0 aliphatic carbocycles. The minimum Gasteiger partial charge on any atom is -0.494 e. The number of hydrogen-bond acceptors (Lipinski definition) is 5. The largest absolute Gasteiger partial charge is 0.494 e. The second kappa shape index (κ2) is 8.43. The third-order valence-corrected chi connectivity index (χ3v) is 5.39. The van der Waals surface area contributed by atoms with Crippen LogP contribution in [0.4, 0.5) is 5.69 Å². The van der Waals surface area contributed by atoms with Crippen LogP contribution in [-0.4, -0.2) is 20.1 Å². The fraction of sp³-hybridized carbons (Fsp3) is 0.300. The van der Waals surface area contributed by atoms with E-state index in [9.17, 15) is 13.5 Å². The Hall–Kier alpha value is -2.87. The number of benzene rings is 2. The van der Waals surface area contributed by atoms with Gasteiger partial charge in [-0.1, -0.05) is 44.2 Å². The molecule has 0 atom stereocenters. The van der Waals surface area contributed by atoms with Gasteiger partial charge in [0.25, 0.3) is 0 Å². The molecule has 2 aromatic rings. The van der Waals surface area contributed by atoms with Crippen molar-refractivity contribution in [2.45, 2.75) is 26.9 Å². The van der Waals surface area contributed by atoms with Gasteiger partial charge in [0.15, 0.2) is 0 Å². The highest BCUT2D eigenvalue weighted by molar-refractivity contribution is 7.91. The predicted molar refractivity (Wildman–Crippen MR) is 107 cm³/mol. The van der Waals surface area contributed by atoms with E-state index in [1.165, 1.54) is 0 Å². The summed E-state index contributed by atoms with van der Waals surface area (Å²) in [6, 6.07) is 14.6. The topological polar surface area (TPSA) is 88.1 Å². The maximum absolute atomic E-state index is 12.3. The summed E-state index contributed by atoms with van der Waals surface area (Å²) in [6.45, 7) is 5.00. The molecule has 1 aliphatic heterocycles. The van der Waals surface area contributed by atoms with Crippen LogP contribution in [0, 0.1) is 5.92 Å². The molecule has 0 saturated carbocycles. The highest BCUT2D eigenvalue weighted by Crippen LogP contribution is 2.36. The van der Waals surface area contributed by atoms with Gasteiger partial charge in [-0.15, -0.1) is 0 Å². The molecule has 28 heavy (non-hydrogen) atoms. The standard InChI is InChI=1S/C20H24N2O5S/c1-15(2)10-11-26-17-8-9-19(27-14-16-6-4-3-5-7-16)18(12-17)22-13-20(23)21-28(22,24)25/h3-9,12-13,15,21,23H,10-11,14H2,1-2H3. The van der Waals surface area contributed by atoms with Gasteiger partial charge >= 0.3 is 10.2 Å². The molecule has 0 aromatic heterocycles. The van der Waals surface area contributed by atoms with Crippen LogP contribution in [0.3, 0.4) is 0 Å². The Bertz CT molecular complexity index is 942. The molecule has 0 amide bonds. The Morgan fingerprint density at radius 2 is 1.86 bits per heavy atom. The van der Waals surface area contributed by atoms with E-state index in [-0.39, 0.29) is 12.3 Å². The van der Waals surface area contributed by atoms with Crippen LogP contribution >= 0.6 is 0 Å². The highest BCUT2D eigenvalue weighted by Gasteiger charge is 2.31. The summed E-state index contributed by atoms with van der Waals surface area (Å²) >= 11 is 0. The molecule has 0 bridgehead atoms. The van der Waals surface area contributed by atoms with Crippen molar-refractivity contribution >= 4 is 15.9 Å². The van der Waals surface area contributed by atoms with Crippen molar-refractivity contribution in [1.29, 1.82) is 0 Å². The Labute approximate surface area is 165 Å². The van der Waals surface area contributed by atoms with Gasteiger partial charge in [-0.3, -0.25) is 0 Å². The summed E-state index contributed by atoms with van der Waals surface area (Å²) in [4.78, 5) is 0. The monoisotopic (exact) mass is 404 g/mol. The lowest BCUT2D eigenvalue weighted by Gasteiger charge is -2.20. The molecule has 3 rings (SSSR count). The van der Waals surface area contributed by atoms with Gasteiger partial charge in [0.05, 0.1) is 12.8 Å². The molecule has 150 valence electrons. The van der Waals surface area contributed by atoms with Crippen LogP contribution in [0.2, 0.25) is 0 Å². The fourth-order valence-electron chi connectivity index (χ4n) is 2.62. The Kier molecular flexibility index (Phi) is 5.99. The zero-order chi connectivity index (χ0) is 20.1. The zero-order valence-electron chi connectivity index (χ0n) is 15.8. The van der Waals surface area contributed by atoms with Crippen LogP contribution in [0.25, 0.3) is 0 Å². The van der Waals surface area contributed by atoms with Crippen molar-refractivity contribution in [1.82, 2.24) is 4.72 Å². The molecule has 0 saturated heterocycles. The average Bonchev–Trinajstić information content (AvgIpc) is 2.93. The Morgan fingerprint density at radius 3 is 2.50 bits per heavy atom.